The third kappa shape index (κ3) is 3.34. The summed E-state index contributed by atoms with van der Waals surface area (Å²) >= 11 is 0. The average Bonchev–Trinajstić information content (AvgIpc) is 3.23. The Bertz CT molecular complexity index is 1180. The summed E-state index contributed by atoms with van der Waals surface area (Å²) in [6.07, 6.45) is 2.65. The van der Waals surface area contributed by atoms with Crippen molar-refractivity contribution in [3.8, 4) is 0 Å². The average molecular weight is 416 g/mol. The van der Waals surface area contributed by atoms with Crippen molar-refractivity contribution in [3.63, 3.8) is 0 Å². The lowest BCUT2D eigenvalue weighted by Crippen LogP contribution is -2.38. The van der Waals surface area contributed by atoms with E-state index in [9.17, 15) is 14.0 Å². The molecule has 2 aliphatic rings. The van der Waals surface area contributed by atoms with Crippen LogP contribution < -0.4 is 10.2 Å². The van der Waals surface area contributed by atoms with Crippen molar-refractivity contribution in [2.45, 2.75) is 25.8 Å². The molecule has 2 heterocycles. The molecule has 1 aromatic heterocycles. The van der Waals surface area contributed by atoms with E-state index in [2.05, 4.69) is 5.32 Å². The minimum atomic E-state index is -0.723. The molecule has 0 saturated carbocycles. The standard InChI is InChI=1S/C25H21FN2O3/c1-15-13-19-23(21(29)14-15)24(22-7-4-12-31-22)28(20-6-3-2-5-18(20)27-19)25(30)16-8-10-17(26)11-9-16/h2-12,15,24,27H,13-14H2,1H3/t15-,24-/m1/s1. The van der Waals surface area contributed by atoms with Crippen molar-refractivity contribution < 1.29 is 18.4 Å². The Morgan fingerprint density at radius 3 is 2.58 bits per heavy atom. The molecule has 6 heteroatoms. The first-order chi connectivity index (χ1) is 15.0. The molecule has 2 atom stereocenters. The molecular weight excluding hydrogens is 395 g/mol. The fourth-order valence-corrected chi connectivity index (χ4v) is 4.46. The van der Waals surface area contributed by atoms with Crippen LogP contribution in [0.25, 0.3) is 0 Å². The number of benzene rings is 2. The van der Waals surface area contributed by atoms with Crippen LogP contribution in [0.3, 0.4) is 0 Å². The van der Waals surface area contributed by atoms with E-state index in [0.717, 1.165) is 11.4 Å². The first-order valence-electron chi connectivity index (χ1n) is 10.3. The van der Waals surface area contributed by atoms with Crippen LogP contribution >= 0.6 is 0 Å². The summed E-state index contributed by atoms with van der Waals surface area (Å²) < 4.78 is 19.2. The highest BCUT2D eigenvalue weighted by Crippen LogP contribution is 2.46. The number of rotatable bonds is 2. The molecule has 0 saturated heterocycles. The fraction of sp³-hybridized carbons (Fsp3) is 0.200. The van der Waals surface area contributed by atoms with Gasteiger partial charge < -0.3 is 9.73 Å². The molecule has 1 aliphatic carbocycles. The van der Waals surface area contributed by atoms with Gasteiger partial charge in [0.15, 0.2) is 5.78 Å². The van der Waals surface area contributed by atoms with Crippen LogP contribution in [0, 0.1) is 11.7 Å². The summed E-state index contributed by atoms with van der Waals surface area (Å²) in [4.78, 5) is 28.6. The fourth-order valence-electron chi connectivity index (χ4n) is 4.46. The zero-order valence-corrected chi connectivity index (χ0v) is 17.0. The summed E-state index contributed by atoms with van der Waals surface area (Å²) in [5.41, 5.74) is 3.05. The monoisotopic (exact) mass is 416 g/mol. The maximum absolute atomic E-state index is 13.8. The number of nitrogens with one attached hydrogen (secondary N) is 1. The van der Waals surface area contributed by atoms with Crippen molar-refractivity contribution in [2.75, 3.05) is 10.2 Å². The summed E-state index contributed by atoms with van der Waals surface area (Å²) in [5, 5.41) is 3.42. The van der Waals surface area contributed by atoms with E-state index in [0.29, 0.717) is 35.4 Å². The van der Waals surface area contributed by atoms with Crippen molar-refractivity contribution in [1.29, 1.82) is 0 Å². The van der Waals surface area contributed by atoms with E-state index in [1.54, 1.807) is 17.0 Å². The predicted molar refractivity (Wildman–Crippen MR) is 115 cm³/mol. The molecule has 156 valence electrons. The second kappa shape index (κ2) is 7.54. The Morgan fingerprint density at radius 1 is 1.06 bits per heavy atom. The number of carbonyl (C=O) groups is 2. The quantitative estimate of drug-likeness (QED) is 0.600. The SMILES string of the molecule is C[C@H]1CC(=O)C2=C(C1)Nc1ccccc1N(C(=O)c1ccc(F)cc1)[C@@H]2c1ccco1. The van der Waals surface area contributed by atoms with Gasteiger partial charge in [-0.3, -0.25) is 14.5 Å². The topological polar surface area (TPSA) is 62.6 Å². The van der Waals surface area contributed by atoms with Gasteiger partial charge in [0.2, 0.25) is 0 Å². The van der Waals surface area contributed by atoms with Crippen molar-refractivity contribution in [3.05, 3.63) is 95.3 Å². The number of hydrogen-bond acceptors (Lipinski definition) is 4. The molecule has 0 fully saturated rings. The van der Waals surface area contributed by atoms with Crippen LogP contribution in [0.15, 0.2) is 82.6 Å². The second-order valence-corrected chi connectivity index (χ2v) is 8.07. The zero-order chi connectivity index (χ0) is 21.5. The minimum Gasteiger partial charge on any atom is -0.467 e. The molecule has 3 aromatic rings. The zero-order valence-electron chi connectivity index (χ0n) is 17.0. The van der Waals surface area contributed by atoms with Gasteiger partial charge in [-0.1, -0.05) is 19.1 Å². The number of hydrogen-bond donors (Lipinski definition) is 1. The number of allylic oxidation sites excluding steroid dienone is 1. The van der Waals surface area contributed by atoms with Gasteiger partial charge >= 0.3 is 0 Å². The molecule has 5 rings (SSSR count). The number of nitrogens with zero attached hydrogens (tertiary/aromatic N) is 1. The molecule has 0 unspecified atom stereocenters. The van der Waals surface area contributed by atoms with Crippen molar-refractivity contribution in [1.82, 2.24) is 0 Å². The Kier molecular flexibility index (Phi) is 4.70. The lowest BCUT2D eigenvalue weighted by Gasteiger charge is -2.33. The normalized spacial score (nSPS) is 20.6. The molecule has 0 spiro atoms. The lowest BCUT2D eigenvalue weighted by atomic mass is 9.83. The molecule has 0 radical (unpaired) electrons. The number of amides is 1. The number of carbonyl (C=O) groups excluding carboxylic acids is 2. The predicted octanol–water partition coefficient (Wildman–Crippen LogP) is 5.49. The number of para-hydroxylation sites is 2. The molecular formula is C25H21FN2O3. The van der Waals surface area contributed by atoms with Crippen LogP contribution in [0.2, 0.25) is 0 Å². The van der Waals surface area contributed by atoms with E-state index in [4.69, 9.17) is 4.42 Å². The van der Waals surface area contributed by atoms with E-state index < -0.39 is 11.9 Å². The number of Topliss-reactive ketones (excluding diaryl/α,β-unsaturated/α-hetero) is 1. The van der Waals surface area contributed by atoms with E-state index in [1.165, 1.54) is 30.5 Å². The molecule has 5 nitrogen and oxygen atoms in total. The Labute approximate surface area is 179 Å². The maximum Gasteiger partial charge on any atom is 0.259 e. The second-order valence-electron chi connectivity index (χ2n) is 8.07. The highest BCUT2D eigenvalue weighted by atomic mass is 19.1. The number of ketones is 1. The van der Waals surface area contributed by atoms with Gasteiger partial charge in [0, 0.05) is 23.3 Å². The van der Waals surface area contributed by atoms with E-state index in [-0.39, 0.29) is 17.6 Å². The third-order valence-corrected chi connectivity index (χ3v) is 5.82. The van der Waals surface area contributed by atoms with Gasteiger partial charge in [-0.2, -0.15) is 0 Å². The maximum atomic E-state index is 13.8. The van der Waals surface area contributed by atoms with Crippen LogP contribution in [-0.4, -0.2) is 11.7 Å². The smallest absolute Gasteiger partial charge is 0.259 e. The largest absolute Gasteiger partial charge is 0.467 e. The minimum absolute atomic E-state index is 0.00707. The highest BCUT2D eigenvalue weighted by Gasteiger charge is 2.42. The third-order valence-electron chi connectivity index (χ3n) is 5.82. The number of fused-ring (bicyclic) bond motifs is 1. The van der Waals surface area contributed by atoms with Gasteiger partial charge in [0.1, 0.15) is 17.6 Å². The van der Waals surface area contributed by atoms with Crippen LogP contribution in [0.1, 0.15) is 41.9 Å². The first kappa shape index (κ1) is 19.3. The molecule has 1 N–H and O–H groups in total. The highest BCUT2D eigenvalue weighted by molar-refractivity contribution is 6.11. The summed E-state index contributed by atoms with van der Waals surface area (Å²) in [5.74, 6) is -0.0615. The molecule has 0 bridgehead atoms. The molecule has 1 amide bonds. The van der Waals surface area contributed by atoms with Crippen LogP contribution in [0.5, 0.6) is 0 Å². The van der Waals surface area contributed by atoms with E-state index >= 15 is 0 Å². The van der Waals surface area contributed by atoms with Gasteiger partial charge in [-0.05, 0) is 60.9 Å². The number of halogens is 1. The van der Waals surface area contributed by atoms with Crippen molar-refractivity contribution >= 4 is 23.1 Å². The molecule has 31 heavy (non-hydrogen) atoms. The summed E-state index contributed by atoms with van der Waals surface area (Å²) in [6.45, 7) is 2.05. The lowest BCUT2D eigenvalue weighted by molar-refractivity contribution is -0.117. The van der Waals surface area contributed by atoms with Gasteiger partial charge in [0.05, 0.1) is 17.6 Å². The van der Waals surface area contributed by atoms with Crippen LogP contribution in [0.4, 0.5) is 15.8 Å². The van der Waals surface area contributed by atoms with Crippen molar-refractivity contribution in [2.24, 2.45) is 5.92 Å². The van der Waals surface area contributed by atoms with Gasteiger partial charge in [-0.15, -0.1) is 0 Å². The Balaban J connectivity index is 1.76. The number of anilines is 2. The van der Waals surface area contributed by atoms with Gasteiger partial charge in [0.25, 0.3) is 5.91 Å². The molecule has 1 aliphatic heterocycles. The molecule has 2 aromatic carbocycles. The van der Waals surface area contributed by atoms with Crippen LogP contribution in [-0.2, 0) is 4.79 Å². The Hall–Kier alpha value is -3.67. The summed E-state index contributed by atoms with van der Waals surface area (Å²) in [7, 11) is 0. The Morgan fingerprint density at radius 2 is 1.84 bits per heavy atom. The summed E-state index contributed by atoms with van der Waals surface area (Å²) in [6, 6.07) is 15.7. The number of furan rings is 1. The van der Waals surface area contributed by atoms with E-state index in [1.807, 2.05) is 31.2 Å². The first-order valence-corrected chi connectivity index (χ1v) is 10.3. The van der Waals surface area contributed by atoms with Gasteiger partial charge in [-0.25, -0.2) is 4.39 Å².